The number of nitrogens with one attached hydrogen (secondary N) is 1. The second-order valence-electron chi connectivity index (χ2n) is 6.82. The lowest BCUT2D eigenvalue weighted by Gasteiger charge is -2.25. The molecule has 0 spiro atoms. The number of hydrogen-bond donors (Lipinski definition) is 2. The van der Waals surface area contributed by atoms with E-state index < -0.39 is 10.0 Å². The maximum Gasteiger partial charge on any atom is 0.244 e. The standard InChI is InChI=1S/C20H26N2O5S/c1-25-17-8-6-15(19(11-17)26-2)12-22-28(23,24)20-10-16(21)7-9-18(20)27-13-14-4-3-5-14/h6-11,14,22H,3-5,12-13,21H2,1-2H3. The van der Waals surface area contributed by atoms with Crippen LogP contribution in [0, 0.1) is 5.92 Å². The number of rotatable bonds is 9. The highest BCUT2D eigenvalue weighted by Gasteiger charge is 2.23. The molecule has 1 aliphatic carbocycles. The van der Waals surface area contributed by atoms with Crippen molar-refractivity contribution in [1.82, 2.24) is 4.72 Å². The van der Waals surface area contributed by atoms with Crippen LogP contribution in [-0.4, -0.2) is 29.2 Å². The third-order valence-electron chi connectivity index (χ3n) is 4.90. The van der Waals surface area contributed by atoms with Gasteiger partial charge in [-0.3, -0.25) is 0 Å². The van der Waals surface area contributed by atoms with Crippen molar-refractivity contribution < 1.29 is 22.6 Å². The molecule has 0 saturated heterocycles. The smallest absolute Gasteiger partial charge is 0.244 e. The topological polar surface area (TPSA) is 99.9 Å². The summed E-state index contributed by atoms with van der Waals surface area (Å²) in [5, 5.41) is 0. The number of sulfonamides is 1. The van der Waals surface area contributed by atoms with E-state index >= 15 is 0 Å². The molecule has 8 heteroatoms. The fourth-order valence-electron chi connectivity index (χ4n) is 2.97. The average Bonchev–Trinajstić information content (AvgIpc) is 2.66. The molecule has 0 atom stereocenters. The minimum Gasteiger partial charge on any atom is -0.497 e. The Hall–Kier alpha value is -2.45. The number of ether oxygens (including phenoxy) is 3. The molecular formula is C20H26N2O5S. The van der Waals surface area contributed by atoms with Crippen LogP contribution in [0.5, 0.6) is 17.2 Å². The highest BCUT2D eigenvalue weighted by Crippen LogP contribution is 2.31. The summed E-state index contributed by atoms with van der Waals surface area (Å²) in [6, 6.07) is 9.88. The molecule has 0 radical (unpaired) electrons. The van der Waals surface area contributed by atoms with Crippen LogP contribution in [0.3, 0.4) is 0 Å². The van der Waals surface area contributed by atoms with E-state index in [-0.39, 0.29) is 11.4 Å². The van der Waals surface area contributed by atoms with Crippen LogP contribution in [0.4, 0.5) is 5.69 Å². The molecule has 1 saturated carbocycles. The third-order valence-corrected chi connectivity index (χ3v) is 6.33. The van der Waals surface area contributed by atoms with Crippen LogP contribution in [0.25, 0.3) is 0 Å². The van der Waals surface area contributed by atoms with Gasteiger partial charge in [-0.05, 0) is 43.0 Å². The third kappa shape index (κ3) is 4.69. The number of methoxy groups -OCH3 is 2. The van der Waals surface area contributed by atoms with E-state index in [1.165, 1.54) is 19.6 Å². The lowest BCUT2D eigenvalue weighted by molar-refractivity contribution is 0.177. The van der Waals surface area contributed by atoms with E-state index in [1.807, 2.05) is 0 Å². The van der Waals surface area contributed by atoms with Crippen LogP contribution >= 0.6 is 0 Å². The highest BCUT2D eigenvalue weighted by atomic mass is 32.2. The summed E-state index contributed by atoms with van der Waals surface area (Å²) in [4.78, 5) is 0.0410. The SMILES string of the molecule is COc1ccc(CNS(=O)(=O)c2cc(N)ccc2OCC2CCC2)c(OC)c1. The Morgan fingerprint density at radius 2 is 1.86 bits per heavy atom. The molecule has 3 N–H and O–H groups in total. The zero-order valence-electron chi connectivity index (χ0n) is 16.1. The van der Waals surface area contributed by atoms with Gasteiger partial charge in [0.2, 0.25) is 10.0 Å². The Labute approximate surface area is 165 Å². The number of benzene rings is 2. The van der Waals surface area contributed by atoms with Crippen LogP contribution in [0.1, 0.15) is 24.8 Å². The summed E-state index contributed by atoms with van der Waals surface area (Å²) in [7, 11) is -0.748. The lowest BCUT2D eigenvalue weighted by atomic mass is 9.86. The zero-order chi connectivity index (χ0) is 20.1. The van der Waals surface area contributed by atoms with Crippen molar-refractivity contribution in [3.05, 3.63) is 42.0 Å². The molecule has 152 valence electrons. The first-order chi connectivity index (χ1) is 13.4. The van der Waals surface area contributed by atoms with Crippen molar-refractivity contribution in [3.8, 4) is 17.2 Å². The van der Waals surface area contributed by atoms with Crippen molar-refractivity contribution in [2.75, 3.05) is 26.6 Å². The molecule has 0 amide bonds. The van der Waals surface area contributed by atoms with Crippen LogP contribution in [0.15, 0.2) is 41.3 Å². The molecule has 0 bridgehead atoms. The van der Waals surface area contributed by atoms with Gasteiger partial charge < -0.3 is 19.9 Å². The first kappa shape index (κ1) is 20.3. The molecule has 28 heavy (non-hydrogen) atoms. The van der Waals surface area contributed by atoms with Gasteiger partial charge in [0.25, 0.3) is 0 Å². The Bertz CT molecular complexity index is 926. The van der Waals surface area contributed by atoms with Crippen LogP contribution < -0.4 is 24.7 Å². The van der Waals surface area contributed by atoms with Gasteiger partial charge >= 0.3 is 0 Å². The molecule has 3 rings (SSSR count). The molecular weight excluding hydrogens is 380 g/mol. The molecule has 0 heterocycles. The molecule has 1 fully saturated rings. The Morgan fingerprint density at radius 3 is 2.50 bits per heavy atom. The predicted molar refractivity (Wildman–Crippen MR) is 107 cm³/mol. The van der Waals surface area contributed by atoms with Gasteiger partial charge in [-0.2, -0.15) is 0 Å². The van der Waals surface area contributed by atoms with E-state index in [2.05, 4.69) is 4.72 Å². The Kier molecular flexibility index (Phi) is 6.31. The summed E-state index contributed by atoms with van der Waals surface area (Å²) in [6.45, 7) is 0.575. The van der Waals surface area contributed by atoms with Gasteiger partial charge in [0.05, 0.1) is 20.8 Å². The van der Waals surface area contributed by atoms with E-state index in [9.17, 15) is 8.42 Å². The monoisotopic (exact) mass is 406 g/mol. The first-order valence-electron chi connectivity index (χ1n) is 9.16. The molecule has 0 aliphatic heterocycles. The van der Waals surface area contributed by atoms with Crippen molar-refractivity contribution >= 4 is 15.7 Å². The van der Waals surface area contributed by atoms with Gasteiger partial charge in [0.1, 0.15) is 22.1 Å². The summed E-state index contributed by atoms with van der Waals surface area (Å²) in [6.07, 6.45) is 3.44. The predicted octanol–water partition coefficient (Wildman–Crippen LogP) is 2.94. The lowest BCUT2D eigenvalue weighted by Crippen LogP contribution is -2.25. The fraction of sp³-hybridized carbons (Fsp3) is 0.400. The minimum absolute atomic E-state index is 0.0410. The highest BCUT2D eigenvalue weighted by molar-refractivity contribution is 7.89. The van der Waals surface area contributed by atoms with Crippen LogP contribution in [0.2, 0.25) is 0 Å². The second-order valence-corrected chi connectivity index (χ2v) is 8.55. The van der Waals surface area contributed by atoms with Crippen molar-refractivity contribution in [2.45, 2.75) is 30.7 Å². The summed E-state index contributed by atoms with van der Waals surface area (Å²) in [5.74, 6) is 1.97. The van der Waals surface area contributed by atoms with E-state index in [0.29, 0.717) is 41.0 Å². The Balaban J connectivity index is 1.77. The molecule has 0 aromatic heterocycles. The van der Waals surface area contributed by atoms with E-state index in [4.69, 9.17) is 19.9 Å². The average molecular weight is 407 g/mol. The quantitative estimate of drug-likeness (QED) is 0.621. The fourth-order valence-corrected chi connectivity index (χ4v) is 4.15. The number of hydrogen-bond acceptors (Lipinski definition) is 6. The van der Waals surface area contributed by atoms with E-state index in [1.54, 1.807) is 37.4 Å². The summed E-state index contributed by atoms with van der Waals surface area (Å²) in [5.41, 5.74) is 6.87. The Morgan fingerprint density at radius 1 is 1.07 bits per heavy atom. The molecule has 0 unspecified atom stereocenters. The minimum atomic E-state index is -3.83. The van der Waals surface area contributed by atoms with Crippen LogP contribution in [-0.2, 0) is 16.6 Å². The molecule has 2 aromatic rings. The van der Waals surface area contributed by atoms with Gasteiger partial charge in [0.15, 0.2) is 0 Å². The first-order valence-corrected chi connectivity index (χ1v) is 10.6. The second kappa shape index (κ2) is 8.70. The number of nitrogens with two attached hydrogens (primary N) is 1. The maximum atomic E-state index is 12.9. The molecule has 1 aliphatic rings. The summed E-state index contributed by atoms with van der Waals surface area (Å²) >= 11 is 0. The van der Waals surface area contributed by atoms with Crippen molar-refractivity contribution in [1.29, 1.82) is 0 Å². The number of anilines is 1. The normalized spacial score (nSPS) is 14.4. The largest absolute Gasteiger partial charge is 0.497 e. The maximum absolute atomic E-state index is 12.9. The van der Waals surface area contributed by atoms with Gasteiger partial charge in [-0.1, -0.05) is 12.5 Å². The van der Waals surface area contributed by atoms with Crippen molar-refractivity contribution in [3.63, 3.8) is 0 Å². The van der Waals surface area contributed by atoms with Crippen molar-refractivity contribution in [2.24, 2.45) is 5.92 Å². The zero-order valence-corrected chi connectivity index (χ0v) is 16.9. The number of nitrogen functional groups attached to an aromatic ring is 1. The van der Waals surface area contributed by atoms with Gasteiger partial charge in [-0.15, -0.1) is 0 Å². The van der Waals surface area contributed by atoms with Gasteiger partial charge in [0, 0.05) is 23.9 Å². The van der Waals surface area contributed by atoms with E-state index in [0.717, 1.165) is 12.8 Å². The molecule has 2 aromatic carbocycles. The molecule has 7 nitrogen and oxygen atoms in total. The summed E-state index contributed by atoms with van der Waals surface area (Å²) < 4.78 is 44.7. The van der Waals surface area contributed by atoms with Gasteiger partial charge in [-0.25, -0.2) is 13.1 Å².